The molecule has 0 aliphatic carbocycles. The van der Waals surface area contributed by atoms with Crippen molar-refractivity contribution in [1.29, 1.82) is 0 Å². The maximum atomic E-state index is 11.2. The van der Waals surface area contributed by atoms with Gasteiger partial charge in [-0.2, -0.15) is 10.2 Å². The number of carbonyl (C=O) groups is 4. The third-order valence-corrected chi connectivity index (χ3v) is 12.5. The zero-order valence-electron chi connectivity index (χ0n) is 39.3. The second kappa shape index (κ2) is 22.7. The molecule has 1 saturated heterocycles. The molecule has 12 nitrogen and oxygen atoms in total. The average Bonchev–Trinajstić information content (AvgIpc) is 3.72. The fraction of sp³-hybridized carbons (Fsp3) is 0.786. The summed E-state index contributed by atoms with van der Waals surface area (Å²) in [5, 5.41) is 11.5. The first-order chi connectivity index (χ1) is 24.9. The fourth-order valence-electron chi connectivity index (χ4n) is 3.57. The van der Waals surface area contributed by atoms with E-state index < -0.39 is 29.8 Å². The predicted molar refractivity (Wildman–Crippen MR) is 239 cm³/mol. The third kappa shape index (κ3) is 27.7. The lowest BCUT2D eigenvalue weighted by molar-refractivity contribution is -0.126. The number of Topliss-reactive ketones (excluding diaryl/α,β-unsaturated/α-hetero) is 3. The van der Waals surface area contributed by atoms with Gasteiger partial charge in [-0.05, 0) is 33.1 Å². The van der Waals surface area contributed by atoms with E-state index in [0.717, 1.165) is 24.1 Å². The minimum atomic E-state index is -3.16. The van der Waals surface area contributed by atoms with Crippen LogP contribution in [-0.4, -0.2) is 84.6 Å². The normalized spacial score (nSPS) is 16.2. The predicted octanol–water partition coefficient (Wildman–Crippen LogP) is 9.26. The highest BCUT2D eigenvalue weighted by atomic mass is 32.2. The Balaban J connectivity index is -0.000000617. The van der Waals surface area contributed by atoms with Crippen molar-refractivity contribution in [3.8, 4) is 0 Å². The largest absolute Gasteiger partial charge is 0.361 e. The minimum Gasteiger partial charge on any atom is -0.361 e. The Kier molecular flexibility index (Phi) is 23.5. The Morgan fingerprint density at radius 3 is 1.33 bits per heavy atom. The molecule has 0 aromatic carbocycles. The van der Waals surface area contributed by atoms with Crippen molar-refractivity contribution in [2.24, 2.45) is 31.9 Å². The van der Waals surface area contributed by atoms with Gasteiger partial charge in [-0.25, -0.2) is 16.8 Å². The summed E-state index contributed by atoms with van der Waals surface area (Å²) in [7, 11) is -6.00. The lowest BCUT2D eigenvalue weighted by Crippen LogP contribution is -2.27. The van der Waals surface area contributed by atoms with Gasteiger partial charge in [0.1, 0.15) is 17.3 Å². The molecular weight excluding hydrogens is 787 g/mol. The lowest BCUT2D eigenvalue weighted by atomic mass is 9.89. The lowest BCUT2D eigenvalue weighted by Gasteiger charge is -2.23. The molecule has 1 atom stereocenters. The van der Waals surface area contributed by atoms with Crippen molar-refractivity contribution < 1.29 is 40.5 Å². The molecule has 15 heteroatoms. The van der Waals surface area contributed by atoms with Gasteiger partial charge >= 0.3 is 0 Å². The molecule has 1 unspecified atom stereocenters. The number of nitrogens with zero attached hydrogens (tertiary/aromatic N) is 3. The third-order valence-electron chi connectivity index (χ3n) is 7.92. The van der Waals surface area contributed by atoms with Crippen molar-refractivity contribution in [3.05, 3.63) is 17.5 Å². The van der Waals surface area contributed by atoms with Crippen LogP contribution in [-0.2, 0) is 44.3 Å². The number of rotatable bonds is 3. The highest BCUT2D eigenvalue weighted by Crippen LogP contribution is 2.37. The van der Waals surface area contributed by atoms with Gasteiger partial charge in [-0.15, -0.1) is 0 Å². The van der Waals surface area contributed by atoms with Crippen LogP contribution in [0, 0.1) is 28.6 Å². The van der Waals surface area contributed by atoms with E-state index in [1.807, 2.05) is 67.7 Å². The number of hydrogen-bond acceptors (Lipinski definition) is 13. The van der Waals surface area contributed by atoms with Gasteiger partial charge in [-0.3, -0.25) is 19.2 Å². The molecule has 1 aromatic rings. The molecule has 0 radical (unpaired) electrons. The van der Waals surface area contributed by atoms with Crippen LogP contribution < -0.4 is 0 Å². The van der Waals surface area contributed by atoms with Crippen LogP contribution in [0.25, 0.3) is 0 Å². The number of aryl methyl sites for hydroxylation is 1. The van der Waals surface area contributed by atoms with Crippen LogP contribution in [0.4, 0.5) is 0 Å². The average molecular weight is 864 g/mol. The Hall–Kier alpha value is -2.52. The number of carbonyl (C=O) groups excluding carboxylic acids is 4. The topological polar surface area (TPSA) is 187 Å². The Bertz CT molecular complexity index is 1750. The van der Waals surface area contributed by atoms with E-state index in [0.29, 0.717) is 12.2 Å². The molecule has 3 rings (SSSR count). The molecule has 332 valence electrons. The quantitative estimate of drug-likeness (QED) is 0.264. The Labute approximate surface area is 350 Å². The molecule has 0 spiro atoms. The van der Waals surface area contributed by atoms with Crippen molar-refractivity contribution >= 4 is 65.8 Å². The summed E-state index contributed by atoms with van der Waals surface area (Å²) in [5.41, 5.74) is 1.66. The number of hydrogen-bond donors (Lipinski definition) is 0. The molecule has 3 heterocycles. The van der Waals surface area contributed by atoms with Crippen LogP contribution in [0.2, 0.25) is 0 Å². The van der Waals surface area contributed by atoms with Gasteiger partial charge in [0.05, 0.1) is 27.8 Å². The van der Waals surface area contributed by atoms with Crippen molar-refractivity contribution in [1.82, 2.24) is 5.16 Å². The first-order valence-corrected chi connectivity index (χ1v) is 23.9. The first-order valence-electron chi connectivity index (χ1n) is 19.1. The maximum Gasteiger partial charge on any atom is 0.197 e. The van der Waals surface area contributed by atoms with Gasteiger partial charge in [-0.1, -0.05) is 128 Å². The fourth-order valence-corrected chi connectivity index (χ4v) is 5.54. The van der Waals surface area contributed by atoms with E-state index in [2.05, 4.69) is 56.9 Å². The van der Waals surface area contributed by atoms with E-state index in [1.165, 1.54) is 23.7 Å². The maximum absolute atomic E-state index is 11.2. The molecule has 2 aliphatic heterocycles. The second-order valence-electron chi connectivity index (χ2n) is 20.4. The van der Waals surface area contributed by atoms with E-state index in [4.69, 9.17) is 4.52 Å². The van der Waals surface area contributed by atoms with E-state index in [-0.39, 0.29) is 55.8 Å². The minimum absolute atomic E-state index is 0.0231. The Morgan fingerprint density at radius 2 is 1.21 bits per heavy atom. The van der Waals surface area contributed by atoms with Crippen molar-refractivity contribution in [3.63, 3.8) is 0 Å². The van der Waals surface area contributed by atoms with Crippen LogP contribution >= 0.6 is 11.8 Å². The van der Waals surface area contributed by atoms with E-state index in [9.17, 15) is 36.0 Å². The van der Waals surface area contributed by atoms with Crippen LogP contribution in [0.15, 0.2) is 20.8 Å². The van der Waals surface area contributed by atoms with Crippen LogP contribution in [0.5, 0.6) is 0 Å². The summed E-state index contributed by atoms with van der Waals surface area (Å²) in [6.45, 7) is 38.6. The monoisotopic (exact) mass is 863 g/mol. The first kappa shape index (κ1) is 58.8. The van der Waals surface area contributed by atoms with E-state index >= 15 is 0 Å². The molecule has 0 N–H and O–H groups in total. The molecule has 57 heavy (non-hydrogen) atoms. The van der Waals surface area contributed by atoms with Gasteiger partial charge in [0, 0.05) is 59.3 Å². The molecule has 0 amide bonds. The number of sulfone groups is 2. The van der Waals surface area contributed by atoms with Crippen LogP contribution in [0.3, 0.4) is 0 Å². The second-order valence-corrected chi connectivity index (χ2v) is 26.5. The summed E-state index contributed by atoms with van der Waals surface area (Å²) in [6, 6.07) is 1.97. The van der Waals surface area contributed by atoms with Gasteiger partial charge in [0.15, 0.2) is 36.4 Å². The van der Waals surface area contributed by atoms with Crippen molar-refractivity contribution in [2.75, 3.05) is 18.3 Å². The number of thioether (sulfide) groups is 1. The molecule has 1 aromatic heterocycles. The van der Waals surface area contributed by atoms with Gasteiger partial charge in [0.25, 0.3) is 0 Å². The standard InChI is InChI=1S/C8H13NO.C8H12O2S.C7H12N2.C7H14O3S.C7H14O.C5H12O2S/c1-6-5-7(10-9-6)8(2,3)4;1-8(2,3)7-5(9)4-6(10)11-7;1-7(2,3)6-4-5-8-9-6;1-7(2,3)6(8)5-11(4,9)10;1-5-6(8)7(2,3)4;1-5(2,3)8(4,6)7/h5H,1-4H3;7H,4H2,1-3H3;5H,4H2,1-3H3;5H2,1-4H3;5H2,1-4H3;1-4H3. The zero-order chi connectivity index (χ0) is 46.4. The summed E-state index contributed by atoms with van der Waals surface area (Å²) in [5.74, 6) is 0.784. The highest BCUT2D eigenvalue weighted by molar-refractivity contribution is 8.15. The summed E-state index contributed by atoms with van der Waals surface area (Å²) < 4.78 is 47.1. The summed E-state index contributed by atoms with van der Waals surface area (Å²) in [6.07, 6.45) is 5.88. The smallest absolute Gasteiger partial charge is 0.197 e. The highest BCUT2D eigenvalue weighted by Gasteiger charge is 2.39. The molecule has 0 saturated carbocycles. The molecule has 2 aliphatic rings. The molecular formula is C42H77N3O9S3. The SMILES string of the molecule is CC(C)(C)C(=O)CS(C)(=O)=O.CC(C)(C)C1=NN=CC1.CC(C)(C)C1SC(=O)CC1=O.CC(C)(C)S(C)(=O)=O.CCC(=O)C(C)(C)C.Cc1cc(C(C)(C)C)on1. The van der Waals surface area contributed by atoms with E-state index in [1.54, 1.807) is 41.5 Å². The summed E-state index contributed by atoms with van der Waals surface area (Å²) >= 11 is 1.19. The van der Waals surface area contributed by atoms with Crippen molar-refractivity contribution in [2.45, 2.75) is 173 Å². The zero-order valence-corrected chi connectivity index (χ0v) is 41.8. The van der Waals surface area contributed by atoms with Crippen LogP contribution in [0.1, 0.15) is 162 Å². The number of aromatic nitrogens is 1. The van der Waals surface area contributed by atoms with Gasteiger partial charge < -0.3 is 4.52 Å². The molecule has 1 fully saturated rings. The molecule has 0 bridgehead atoms. The number of ketones is 3. The van der Waals surface area contributed by atoms with Gasteiger partial charge in [0.2, 0.25) is 0 Å². The Morgan fingerprint density at radius 1 is 0.772 bits per heavy atom. The summed E-state index contributed by atoms with van der Waals surface area (Å²) in [4.78, 5) is 44.0.